The summed E-state index contributed by atoms with van der Waals surface area (Å²) in [7, 11) is -3.70. The first-order chi connectivity index (χ1) is 15.2. The van der Waals surface area contributed by atoms with Gasteiger partial charge in [-0.05, 0) is 62.0 Å². The van der Waals surface area contributed by atoms with Crippen molar-refractivity contribution in [2.45, 2.75) is 32.1 Å². The molecule has 0 fully saturated rings. The maximum atomic E-state index is 13.2. The largest absolute Gasteiger partial charge is 0.302 e. The molecule has 1 amide bonds. The number of carbonyl (C=O) groups is 1. The fourth-order valence-corrected chi connectivity index (χ4v) is 5.70. The van der Waals surface area contributed by atoms with Crippen LogP contribution in [0.25, 0.3) is 10.2 Å². The summed E-state index contributed by atoms with van der Waals surface area (Å²) in [6.07, 6.45) is -0.174. The van der Waals surface area contributed by atoms with Crippen molar-refractivity contribution in [1.29, 1.82) is 0 Å². The molecule has 32 heavy (non-hydrogen) atoms. The van der Waals surface area contributed by atoms with Crippen LogP contribution in [-0.4, -0.2) is 56.1 Å². The summed E-state index contributed by atoms with van der Waals surface area (Å²) in [4.78, 5) is 21.6. The fraction of sp³-hybridized carbons (Fsp3) is 0.391. The molecule has 0 N–H and O–H groups in total. The SMILES string of the molecule is CCN(CC)CCN(C(=O)CCS(=O)(=O)c1ccc(F)cc1)c1nc2ccc(C)cc2s1. The van der Waals surface area contributed by atoms with Crippen molar-refractivity contribution in [3.05, 3.63) is 53.8 Å². The molecular weight excluding hydrogens is 449 g/mol. The second-order valence-electron chi connectivity index (χ2n) is 7.56. The Hall–Kier alpha value is -2.36. The highest BCUT2D eigenvalue weighted by atomic mass is 32.2. The number of benzene rings is 2. The van der Waals surface area contributed by atoms with E-state index in [2.05, 4.69) is 23.7 Å². The molecule has 0 saturated carbocycles. The number of fused-ring (bicyclic) bond motifs is 1. The van der Waals surface area contributed by atoms with Gasteiger partial charge in [-0.25, -0.2) is 17.8 Å². The third-order valence-corrected chi connectivity index (χ3v) is 8.13. The maximum Gasteiger partial charge on any atom is 0.229 e. The molecule has 0 atom stereocenters. The standard InChI is InChI=1S/C23H28FN3O3S2/c1-4-26(5-2)13-14-27(23-25-20-11-6-17(3)16-21(20)31-23)22(28)12-15-32(29,30)19-9-7-18(24)8-10-19/h6-11,16H,4-5,12-15H2,1-3H3. The van der Waals surface area contributed by atoms with Crippen LogP contribution < -0.4 is 4.90 Å². The zero-order chi connectivity index (χ0) is 23.3. The summed E-state index contributed by atoms with van der Waals surface area (Å²) in [5.74, 6) is -1.14. The molecule has 1 heterocycles. The number of halogens is 1. The molecule has 0 radical (unpaired) electrons. The maximum absolute atomic E-state index is 13.2. The van der Waals surface area contributed by atoms with E-state index in [1.54, 1.807) is 4.90 Å². The molecule has 1 aromatic heterocycles. The second-order valence-corrected chi connectivity index (χ2v) is 10.7. The lowest BCUT2D eigenvalue weighted by Gasteiger charge is -2.24. The Balaban J connectivity index is 1.81. The van der Waals surface area contributed by atoms with Crippen LogP contribution in [0.3, 0.4) is 0 Å². The summed E-state index contributed by atoms with van der Waals surface area (Å²) in [6, 6.07) is 10.6. The predicted molar refractivity (Wildman–Crippen MR) is 128 cm³/mol. The van der Waals surface area contributed by atoms with Crippen molar-refractivity contribution >= 4 is 42.4 Å². The molecule has 0 aliphatic heterocycles. The Labute approximate surface area is 192 Å². The molecule has 0 unspecified atom stereocenters. The minimum atomic E-state index is -3.70. The number of thiazole rings is 1. The van der Waals surface area contributed by atoms with Gasteiger partial charge in [0.1, 0.15) is 5.82 Å². The van der Waals surface area contributed by atoms with Gasteiger partial charge < -0.3 is 4.90 Å². The highest BCUT2D eigenvalue weighted by Crippen LogP contribution is 2.30. The fourth-order valence-electron chi connectivity index (χ4n) is 3.36. The van der Waals surface area contributed by atoms with E-state index in [9.17, 15) is 17.6 Å². The number of aromatic nitrogens is 1. The molecule has 0 aliphatic carbocycles. The van der Waals surface area contributed by atoms with E-state index in [-0.39, 0.29) is 23.0 Å². The first-order valence-electron chi connectivity index (χ1n) is 10.6. The monoisotopic (exact) mass is 477 g/mol. The highest BCUT2D eigenvalue weighted by Gasteiger charge is 2.23. The molecule has 0 saturated heterocycles. The van der Waals surface area contributed by atoms with Gasteiger partial charge in [0.25, 0.3) is 0 Å². The Bertz CT molecular complexity index is 1170. The van der Waals surface area contributed by atoms with Gasteiger partial charge in [-0.1, -0.05) is 31.3 Å². The van der Waals surface area contributed by atoms with Gasteiger partial charge in [0.05, 0.1) is 20.9 Å². The molecular formula is C23H28FN3O3S2. The van der Waals surface area contributed by atoms with Gasteiger partial charge in [0, 0.05) is 19.5 Å². The number of hydrogen-bond acceptors (Lipinski definition) is 6. The number of amides is 1. The van der Waals surface area contributed by atoms with Crippen molar-refractivity contribution in [3.8, 4) is 0 Å². The number of sulfone groups is 1. The van der Waals surface area contributed by atoms with Crippen molar-refractivity contribution in [1.82, 2.24) is 9.88 Å². The van der Waals surface area contributed by atoms with Gasteiger partial charge in [0.2, 0.25) is 5.91 Å². The molecule has 6 nitrogen and oxygen atoms in total. The molecule has 3 rings (SSSR count). The van der Waals surface area contributed by atoms with Crippen molar-refractivity contribution in [2.24, 2.45) is 0 Å². The number of likely N-dealkylation sites (N-methyl/N-ethyl adjacent to an activating group) is 1. The first kappa shape index (κ1) is 24.3. The normalized spacial score (nSPS) is 11.9. The molecule has 0 spiro atoms. The number of anilines is 1. The van der Waals surface area contributed by atoms with Gasteiger partial charge in [-0.15, -0.1) is 0 Å². The van der Waals surface area contributed by atoms with E-state index >= 15 is 0 Å². The first-order valence-corrected chi connectivity index (χ1v) is 13.1. The lowest BCUT2D eigenvalue weighted by atomic mass is 10.2. The number of hydrogen-bond donors (Lipinski definition) is 0. The minimum absolute atomic E-state index is 0.0110. The third kappa shape index (κ3) is 5.90. The Morgan fingerprint density at radius 3 is 2.41 bits per heavy atom. The van der Waals surface area contributed by atoms with Crippen LogP contribution in [0.1, 0.15) is 25.8 Å². The third-order valence-electron chi connectivity index (χ3n) is 5.36. The number of rotatable bonds is 10. The number of nitrogens with zero attached hydrogens (tertiary/aromatic N) is 3. The molecule has 172 valence electrons. The molecule has 2 aromatic carbocycles. The van der Waals surface area contributed by atoms with E-state index in [0.717, 1.165) is 41.0 Å². The Kier molecular flexibility index (Phi) is 7.97. The molecule has 9 heteroatoms. The Morgan fingerprint density at radius 2 is 1.75 bits per heavy atom. The summed E-state index contributed by atoms with van der Waals surface area (Å²) >= 11 is 1.43. The lowest BCUT2D eigenvalue weighted by molar-refractivity contribution is -0.118. The van der Waals surface area contributed by atoms with Crippen LogP contribution in [0.15, 0.2) is 47.4 Å². The van der Waals surface area contributed by atoms with Gasteiger partial charge in [-0.2, -0.15) is 0 Å². The van der Waals surface area contributed by atoms with Crippen molar-refractivity contribution < 1.29 is 17.6 Å². The molecule has 0 aliphatic rings. The van der Waals surface area contributed by atoms with Gasteiger partial charge in [-0.3, -0.25) is 9.69 Å². The smallest absolute Gasteiger partial charge is 0.229 e. The van der Waals surface area contributed by atoms with Crippen molar-refractivity contribution in [2.75, 3.05) is 36.8 Å². The minimum Gasteiger partial charge on any atom is -0.302 e. The highest BCUT2D eigenvalue weighted by molar-refractivity contribution is 7.91. The summed E-state index contributed by atoms with van der Waals surface area (Å²) in [5, 5.41) is 0.571. The van der Waals surface area contributed by atoms with E-state index in [1.807, 2.05) is 25.1 Å². The predicted octanol–water partition coefficient (Wildman–Crippen LogP) is 4.28. The second kappa shape index (κ2) is 10.5. The zero-order valence-corrected chi connectivity index (χ0v) is 20.2. The summed E-state index contributed by atoms with van der Waals surface area (Å²) in [6.45, 7) is 8.93. The van der Waals surface area contributed by atoms with Crippen LogP contribution >= 0.6 is 11.3 Å². The van der Waals surface area contributed by atoms with Crippen molar-refractivity contribution in [3.63, 3.8) is 0 Å². The van der Waals surface area contributed by atoms with Crippen LogP contribution in [0.4, 0.5) is 9.52 Å². The Morgan fingerprint density at radius 1 is 1.06 bits per heavy atom. The van der Waals surface area contributed by atoms with E-state index in [0.29, 0.717) is 18.2 Å². The average Bonchev–Trinajstić information content (AvgIpc) is 3.18. The number of carbonyl (C=O) groups excluding carboxylic acids is 1. The van der Waals surface area contributed by atoms with Crippen LogP contribution in [-0.2, 0) is 14.6 Å². The van der Waals surface area contributed by atoms with Crippen LogP contribution in [0.5, 0.6) is 0 Å². The van der Waals surface area contributed by atoms with E-state index in [1.165, 1.54) is 23.5 Å². The topological polar surface area (TPSA) is 70.6 Å². The number of aryl methyl sites for hydroxylation is 1. The van der Waals surface area contributed by atoms with Crippen LogP contribution in [0.2, 0.25) is 0 Å². The molecule has 0 bridgehead atoms. The quantitative estimate of drug-likeness (QED) is 0.408. The zero-order valence-electron chi connectivity index (χ0n) is 18.5. The lowest BCUT2D eigenvalue weighted by Crippen LogP contribution is -2.39. The van der Waals surface area contributed by atoms with E-state index in [4.69, 9.17) is 0 Å². The average molecular weight is 478 g/mol. The van der Waals surface area contributed by atoms with E-state index < -0.39 is 15.7 Å². The molecule has 3 aromatic rings. The summed E-state index contributed by atoms with van der Waals surface area (Å²) in [5.41, 5.74) is 1.93. The van der Waals surface area contributed by atoms with Gasteiger partial charge in [0.15, 0.2) is 15.0 Å². The van der Waals surface area contributed by atoms with Gasteiger partial charge >= 0.3 is 0 Å². The summed E-state index contributed by atoms with van der Waals surface area (Å²) < 4.78 is 39.4. The van der Waals surface area contributed by atoms with Crippen LogP contribution in [0, 0.1) is 12.7 Å².